The van der Waals surface area contributed by atoms with Crippen molar-refractivity contribution in [1.29, 1.82) is 0 Å². The maximum absolute atomic E-state index is 13.0. The number of nitrogens with two attached hydrogens (primary N) is 1. The van der Waals surface area contributed by atoms with Crippen LogP contribution >= 0.6 is 23.1 Å². The van der Waals surface area contributed by atoms with Crippen LogP contribution < -0.4 is 11.1 Å². The lowest BCUT2D eigenvalue weighted by atomic mass is 10.0. The van der Waals surface area contributed by atoms with Gasteiger partial charge in [-0.3, -0.25) is 14.5 Å². The summed E-state index contributed by atoms with van der Waals surface area (Å²) in [6, 6.07) is -0.431. The van der Waals surface area contributed by atoms with Crippen molar-refractivity contribution in [1.82, 2.24) is 15.2 Å². The van der Waals surface area contributed by atoms with Gasteiger partial charge in [-0.05, 0) is 6.92 Å². The van der Waals surface area contributed by atoms with Crippen molar-refractivity contribution < 1.29 is 28.8 Å². The number of β-lactam (4-membered cyclic amide) rings is 1. The number of nitrogens with one attached hydrogen (secondary N) is 1. The first kappa shape index (κ1) is 23.5. The minimum absolute atomic E-state index is 0.0470. The number of hydrogen-bond donors (Lipinski definition) is 3. The molecule has 1 aromatic rings. The Morgan fingerprint density at radius 3 is 2.82 bits per heavy atom. The molecule has 0 spiro atoms. The van der Waals surface area contributed by atoms with Crippen LogP contribution in [0.2, 0.25) is 0 Å². The molecule has 3 unspecified atom stereocenters. The molecule has 3 aliphatic heterocycles. The van der Waals surface area contributed by atoms with Gasteiger partial charge in [-0.1, -0.05) is 5.16 Å². The Hall–Kier alpha value is -2.64. The Bertz CT molecular complexity index is 1060. The number of likely N-dealkylation sites (N-methyl/N-ethyl adjacent to an activating group) is 1. The van der Waals surface area contributed by atoms with Crippen LogP contribution in [0.15, 0.2) is 21.8 Å². The molecule has 0 radical (unpaired) electrons. The summed E-state index contributed by atoms with van der Waals surface area (Å²) in [6.07, 6.45) is 2.21. The predicted octanol–water partition coefficient (Wildman–Crippen LogP) is 0.443. The molecule has 1 aromatic heterocycles. The molecule has 2 amide bonds. The zero-order chi connectivity index (χ0) is 23.9. The van der Waals surface area contributed by atoms with Gasteiger partial charge in [-0.15, -0.1) is 23.1 Å². The molecule has 4 heterocycles. The summed E-state index contributed by atoms with van der Waals surface area (Å²) < 4.78 is 0.771. The summed E-state index contributed by atoms with van der Waals surface area (Å²) in [5.41, 5.74) is 6.59. The zero-order valence-corrected chi connectivity index (χ0v) is 20.2. The number of thioether (sulfide) groups is 1. The van der Waals surface area contributed by atoms with Crippen LogP contribution in [-0.2, 0) is 19.2 Å². The fourth-order valence-electron chi connectivity index (χ4n) is 4.66. The van der Waals surface area contributed by atoms with E-state index in [1.54, 1.807) is 5.38 Å². The SMILES string of the molecule is CO/N=C(\C(=O)NC1C(=O)N2C(C(=O)O)=C(C[N+]3(C)CCCC3C)CS[C@H]12)c1csc(N)n1. The number of fused-ring (bicyclic) bond motifs is 1. The van der Waals surface area contributed by atoms with Crippen LogP contribution in [0.25, 0.3) is 0 Å². The minimum Gasteiger partial charge on any atom is -0.477 e. The molecule has 0 bridgehead atoms. The number of oxime groups is 1. The van der Waals surface area contributed by atoms with Crippen molar-refractivity contribution in [3.05, 3.63) is 22.3 Å². The summed E-state index contributed by atoms with van der Waals surface area (Å²) in [6.45, 7) is 3.77. The molecule has 2 saturated heterocycles. The quantitative estimate of drug-likeness (QED) is 0.214. The molecule has 11 nitrogen and oxygen atoms in total. The van der Waals surface area contributed by atoms with Gasteiger partial charge >= 0.3 is 5.97 Å². The number of thiazole rings is 1. The second kappa shape index (κ2) is 8.95. The number of anilines is 1. The van der Waals surface area contributed by atoms with Gasteiger partial charge in [-0.2, -0.15) is 0 Å². The third-order valence-electron chi connectivity index (χ3n) is 6.61. The topological polar surface area (TPSA) is 147 Å². The number of carbonyl (C=O) groups excluding carboxylic acids is 2. The van der Waals surface area contributed by atoms with Gasteiger partial charge in [0.15, 0.2) is 10.8 Å². The standard InChI is InChI=1S/C20H26N6O5S2/c1-10-5-4-6-26(10,2)7-11-8-32-18-14(17(28)25(18)15(11)19(29)30)23-16(27)13(24-31-3)12-9-33-20(21)22-12/h9-10,14,18H,4-8H2,1-3H3,(H3-,21,22,23,27,29,30)/p+1/b24-13-/t10?,14?,18-,26?/m1/s1. The molecule has 4 atom stereocenters. The van der Waals surface area contributed by atoms with Gasteiger partial charge in [0.1, 0.15) is 36.5 Å². The molecule has 3 aliphatic rings. The van der Waals surface area contributed by atoms with E-state index in [-0.39, 0.29) is 22.2 Å². The highest BCUT2D eigenvalue weighted by molar-refractivity contribution is 8.00. The number of likely N-dealkylation sites (tertiary alicyclic amines) is 1. The first-order valence-electron chi connectivity index (χ1n) is 10.5. The van der Waals surface area contributed by atoms with E-state index < -0.39 is 29.2 Å². The van der Waals surface area contributed by atoms with Gasteiger partial charge < -0.3 is 25.5 Å². The first-order valence-corrected chi connectivity index (χ1v) is 12.5. The molecule has 4 rings (SSSR count). The van der Waals surface area contributed by atoms with Gasteiger partial charge in [0, 0.05) is 29.5 Å². The first-order chi connectivity index (χ1) is 15.7. The van der Waals surface area contributed by atoms with Gasteiger partial charge in [0.25, 0.3) is 11.8 Å². The normalized spacial score (nSPS) is 29.5. The zero-order valence-electron chi connectivity index (χ0n) is 18.6. The van der Waals surface area contributed by atoms with Crippen molar-refractivity contribution in [2.75, 3.05) is 38.7 Å². The average Bonchev–Trinajstić information content (AvgIpc) is 3.34. The lowest BCUT2D eigenvalue weighted by Crippen LogP contribution is -2.71. The molecule has 0 aromatic carbocycles. The van der Waals surface area contributed by atoms with Crippen molar-refractivity contribution in [3.8, 4) is 0 Å². The molecular weight excluding hydrogens is 468 g/mol. The van der Waals surface area contributed by atoms with Crippen LogP contribution in [-0.4, -0.2) is 93.4 Å². The fraction of sp³-hybridized carbons (Fsp3) is 0.550. The summed E-state index contributed by atoms with van der Waals surface area (Å²) in [4.78, 5) is 48.1. The average molecular weight is 496 g/mol. The number of carboxylic acid groups (broad SMARTS) is 1. The van der Waals surface area contributed by atoms with Crippen molar-refractivity contribution in [3.63, 3.8) is 0 Å². The summed E-state index contributed by atoms with van der Waals surface area (Å²) >= 11 is 2.61. The van der Waals surface area contributed by atoms with E-state index >= 15 is 0 Å². The lowest BCUT2D eigenvalue weighted by Gasteiger charge is -2.50. The van der Waals surface area contributed by atoms with E-state index in [1.807, 2.05) is 0 Å². The smallest absolute Gasteiger partial charge is 0.352 e. The largest absolute Gasteiger partial charge is 0.477 e. The number of aliphatic carboxylic acids is 1. The van der Waals surface area contributed by atoms with E-state index in [9.17, 15) is 19.5 Å². The maximum atomic E-state index is 13.0. The number of carbonyl (C=O) groups is 3. The Morgan fingerprint density at radius 2 is 2.24 bits per heavy atom. The van der Waals surface area contributed by atoms with E-state index in [1.165, 1.54) is 23.8 Å². The lowest BCUT2D eigenvalue weighted by molar-refractivity contribution is -0.914. The number of nitrogen functional groups attached to an aromatic ring is 1. The van der Waals surface area contributed by atoms with E-state index in [4.69, 9.17) is 10.6 Å². The van der Waals surface area contributed by atoms with E-state index in [2.05, 4.69) is 29.4 Å². The molecule has 4 N–H and O–H groups in total. The number of amides is 2. The Balaban J connectivity index is 1.53. The molecule has 33 heavy (non-hydrogen) atoms. The van der Waals surface area contributed by atoms with Crippen LogP contribution in [0, 0.1) is 0 Å². The highest BCUT2D eigenvalue weighted by Gasteiger charge is 2.55. The predicted molar refractivity (Wildman–Crippen MR) is 124 cm³/mol. The number of hydrogen-bond acceptors (Lipinski definition) is 9. The highest BCUT2D eigenvalue weighted by Crippen LogP contribution is 2.41. The summed E-state index contributed by atoms with van der Waals surface area (Å²) in [5, 5.41) is 17.7. The fourth-order valence-corrected chi connectivity index (χ4v) is 6.54. The number of rotatable bonds is 7. The minimum atomic E-state index is -1.12. The number of aromatic nitrogens is 1. The Kier molecular flexibility index (Phi) is 6.38. The van der Waals surface area contributed by atoms with Gasteiger partial charge in [-0.25, -0.2) is 9.78 Å². The third kappa shape index (κ3) is 4.20. The summed E-state index contributed by atoms with van der Waals surface area (Å²) in [7, 11) is 3.44. The molecule has 0 saturated carbocycles. The number of nitrogens with zero attached hydrogens (tertiary/aromatic N) is 4. The second-order valence-corrected chi connectivity index (χ2v) is 10.7. The molecule has 178 valence electrons. The van der Waals surface area contributed by atoms with Crippen LogP contribution in [0.4, 0.5) is 5.13 Å². The monoisotopic (exact) mass is 495 g/mol. The highest BCUT2D eigenvalue weighted by atomic mass is 32.2. The van der Waals surface area contributed by atoms with Crippen molar-refractivity contribution in [2.45, 2.75) is 37.2 Å². The molecule has 2 fully saturated rings. The van der Waals surface area contributed by atoms with Crippen LogP contribution in [0.3, 0.4) is 0 Å². The van der Waals surface area contributed by atoms with E-state index in [0.29, 0.717) is 18.3 Å². The van der Waals surface area contributed by atoms with Gasteiger partial charge in [0.05, 0.1) is 19.6 Å². The Morgan fingerprint density at radius 1 is 1.48 bits per heavy atom. The maximum Gasteiger partial charge on any atom is 0.352 e. The van der Waals surface area contributed by atoms with Crippen LogP contribution in [0.5, 0.6) is 0 Å². The third-order valence-corrected chi connectivity index (χ3v) is 8.62. The molecule has 13 heteroatoms. The number of quaternary nitrogens is 1. The van der Waals surface area contributed by atoms with E-state index in [0.717, 1.165) is 40.8 Å². The molecular formula is C20H27N6O5S2+. The second-order valence-electron chi connectivity index (χ2n) is 8.66. The van der Waals surface area contributed by atoms with Gasteiger partial charge in [0.2, 0.25) is 0 Å². The molecule has 0 aliphatic carbocycles. The number of carboxylic acids is 1. The Labute approximate surface area is 199 Å². The van der Waals surface area contributed by atoms with Crippen molar-refractivity contribution >= 4 is 51.7 Å². The van der Waals surface area contributed by atoms with Crippen molar-refractivity contribution in [2.24, 2.45) is 5.16 Å². The summed E-state index contributed by atoms with van der Waals surface area (Å²) in [5.74, 6) is -1.73. The van der Waals surface area contributed by atoms with Crippen LogP contribution in [0.1, 0.15) is 25.5 Å².